The van der Waals surface area contributed by atoms with Crippen LogP contribution in [0.1, 0.15) is 6.92 Å². The van der Waals surface area contributed by atoms with E-state index < -0.39 is 0 Å². The van der Waals surface area contributed by atoms with E-state index in [-0.39, 0.29) is 5.91 Å². The maximum Gasteiger partial charge on any atom is 0.240 e. The van der Waals surface area contributed by atoms with Gasteiger partial charge in [0.25, 0.3) is 0 Å². The molecule has 1 aromatic rings. The fraction of sp³-hybridized carbons (Fsp3) is 0.300. The fourth-order valence-electron chi connectivity index (χ4n) is 0.831. The Labute approximate surface area is 88.3 Å². The standard InChI is InChI=1S/C10H13N3O2/c1-8(14)13(2)12-11-9-4-6-10(15-3)7-5-9/h4-7H,1-3H3. The van der Waals surface area contributed by atoms with E-state index >= 15 is 0 Å². The van der Waals surface area contributed by atoms with Crippen molar-refractivity contribution in [3.8, 4) is 5.75 Å². The van der Waals surface area contributed by atoms with Crippen LogP contribution in [0, 0.1) is 0 Å². The van der Waals surface area contributed by atoms with Crippen LogP contribution in [0.3, 0.4) is 0 Å². The third-order valence-corrected chi connectivity index (χ3v) is 1.82. The lowest BCUT2D eigenvalue weighted by Gasteiger charge is -2.04. The van der Waals surface area contributed by atoms with Crippen LogP contribution in [-0.4, -0.2) is 25.1 Å². The van der Waals surface area contributed by atoms with Crippen molar-refractivity contribution in [2.75, 3.05) is 14.2 Å². The van der Waals surface area contributed by atoms with Gasteiger partial charge in [0.05, 0.1) is 12.8 Å². The van der Waals surface area contributed by atoms with E-state index in [9.17, 15) is 4.79 Å². The minimum absolute atomic E-state index is 0.160. The number of carbonyl (C=O) groups is 1. The monoisotopic (exact) mass is 207 g/mol. The van der Waals surface area contributed by atoms with E-state index in [2.05, 4.69) is 10.3 Å². The van der Waals surface area contributed by atoms with Crippen molar-refractivity contribution >= 4 is 11.6 Å². The van der Waals surface area contributed by atoms with Gasteiger partial charge in [-0.25, -0.2) is 5.01 Å². The van der Waals surface area contributed by atoms with Crippen molar-refractivity contribution in [2.24, 2.45) is 10.3 Å². The summed E-state index contributed by atoms with van der Waals surface area (Å²) in [5.74, 6) is 0.598. The molecule has 1 aromatic carbocycles. The molecule has 5 heteroatoms. The Bertz CT molecular complexity index is 359. The number of carbonyl (C=O) groups excluding carboxylic acids is 1. The highest BCUT2D eigenvalue weighted by Gasteiger charge is 1.98. The lowest BCUT2D eigenvalue weighted by atomic mass is 10.3. The van der Waals surface area contributed by atoms with E-state index in [1.807, 2.05) is 0 Å². The largest absolute Gasteiger partial charge is 0.497 e. The first kappa shape index (κ1) is 11.2. The Morgan fingerprint density at radius 1 is 1.33 bits per heavy atom. The molecule has 0 aliphatic rings. The average molecular weight is 207 g/mol. The molecule has 0 saturated heterocycles. The molecule has 0 unspecified atom stereocenters. The van der Waals surface area contributed by atoms with Crippen molar-refractivity contribution in [3.63, 3.8) is 0 Å². The summed E-state index contributed by atoms with van der Waals surface area (Å²) in [5, 5.41) is 8.77. The second kappa shape index (κ2) is 5.09. The van der Waals surface area contributed by atoms with E-state index in [1.54, 1.807) is 38.4 Å². The van der Waals surface area contributed by atoms with Crippen LogP contribution in [0.4, 0.5) is 5.69 Å². The quantitative estimate of drug-likeness (QED) is 0.563. The van der Waals surface area contributed by atoms with Crippen molar-refractivity contribution in [1.82, 2.24) is 5.01 Å². The zero-order valence-corrected chi connectivity index (χ0v) is 8.97. The molecule has 1 rings (SSSR count). The molecule has 0 aliphatic heterocycles. The third kappa shape index (κ3) is 3.38. The molecule has 0 N–H and O–H groups in total. The van der Waals surface area contributed by atoms with Gasteiger partial charge in [-0.05, 0) is 24.3 Å². The summed E-state index contributed by atoms with van der Waals surface area (Å²) >= 11 is 0. The van der Waals surface area contributed by atoms with Gasteiger partial charge < -0.3 is 4.74 Å². The number of nitrogens with zero attached hydrogens (tertiary/aromatic N) is 3. The first-order valence-corrected chi connectivity index (χ1v) is 4.43. The molecule has 0 aromatic heterocycles. The van der Waals surface area contributed by atoms with Gasteiger partial charge in [-0.2, -0.15) is 0 Å². The molecule has 0 fully saturated rings. The van der Waals surface area contributed by atoms with Crippen molar-refractivity contribution in [2.45, 2.75) is 6.92 Å². The molecule has 0 aliphatic carbocycles. The molecule has 5 nitrogen and oxygen atoms in total. The summed E-state index contributed by atoms with van der Waals surface area (Å²) in [6.45, 7) is 1.42. The van der Waals surface area contributed by atoms with Gasteiger partial charge in [-0.3, -0.25) is 4.79 Å². The SMILES string of the molecule is COc1ccc(N=NN(C)C(C)=O)cc1. The zero-order valence-electron chi connectivity index (χ0n) is 8.97. The molecule has 15 heavy (non-hydrogen) atoms. The zero-order chi connectivity index (χ0) is 11.3. The van der Waals surface area contributed by atoms with Crippen molar-refractivity contribution in [1.29, 1.82) is 0 Å². The van der Waals surface area contributed by atoms with Crippen LogP contribution in [0.2, 0.25) is 0 Å². The Morgan fingerprint density at radius 2 is 1.93 bits per heavy atom. The molecule has 0 heterocycles. The smallest absolute Gasteiger partial charge is 0.240 e. The molecule has 80 valence electrons. The van der Waals surface area contributed by atoms with Gasteiger partial charge in [-0.15, -0.1) is 5.11 Å². The number of rotatable bonds is 3. The van der Waals surface area contributed by atoms with Gasteiger partial charge in [-0.1, -0.05) is 5.22 Å². The number of methoxy groups -OCH3 is 1. The molecular weight excluding hydrogens is 194 g/mol. The lowest BCUT2D eigenvalue weighted by Crippen LogP contribution is -2.15. The molecule has 0 bridgehead atoms. The molecule has 0 atom stereocenters. The summed E-state index contributed by atoms with van der Waals surface area (Å²) in [5.41, 5.74) is 0.670. The summed E-state index contributed by atoms with van der Waals surface area (Å²) in [7, 11) is 3.15. The van der Waals surface area contributed by atoms with Gasteiger partial charge >= 0.3 is 0 Å². The number of ether oxygens (including phenoxy) is 1. The summed E-state index contributed by atoms with van der Waals surface area (Å²) < 4.78 is 5.00. The molecular formula is C10H13N3O2. The second-order valence-corrected chi connectivity index (χ2v) is 2.93. The minimum atomic E-state index is -0.160. The highest BCUT2D eigenvalue weighted by molar-refractivity contribution is 5.72. The van der Waals surface area contributed by atoms with Crippen molar-refractivity contribution < 1.29 is 9.53 Å². The molecule has 0 radical (unpaired) electrons. The van der Waals surface area contributed by atoms with E-state index in [0.29, 0.717) is 5.69 Å². The second-order valence-electron chi connectivity index (χ2n) is 2.93. The van der Waals surface area contributed by atoms with E-state index in [0.717, 1.165) is 5.75 Å². The van der Waals surface area contributed by atoms with Crippen LogP contribution < -0.4 is 4.74 Å². The van der Waals surface area contributed by atoms with Crippen LogP contribution in [0.5, 0.6) is 5.75 Å². The number of benzene rings is 1. The van der Waals surface area contributed by atoms with Crippen LogP contribution in [0.25, 0.3) is 0 Å². The Balaban J connectivity index is 2.68. The minimum Gasteiger partial charge on any atom is -0.497 e. The Kier molecular flexibility index (Phi) is 3.79. The van der Waals surface area contributed by atoms with E-state index in [1.165, 1.54) is 11.9 Å². The average Bonchev–Trinajstić information content (AvgIpc) is 2.26. The van der Waals surface area contributed by atoms with Crippen LogP contribution in [0.15, 0.2) is 34.6 Å². The van der Waals surface area contributed by atoms with Gasteiger partial charge in [0.2, 0.25) is 5.91 Å². The van der Waals surface area contributed by atoms with Crippen LogP contribution in [-0.2, 0) is 4.79 Å². The van der Waals surface area contributed by atoms with Gasteiger partial charge in [0.1, 0.15) is 5.75 Å². The topological polar surface area (TPSA) is 54.3 Å². The Morgan fingerprint density at radius 3 is 2.40 bits per heavy atom. The number of hydrogen-bond acceptors (Lipinski definition) is 4. The normalized spacial score (nSPS) is 10.3. The van der Waals surface area contributed by atoms with Crippen molar-refractivity contribution in [3.05, 3.63) is 24.3 Å². The predicted octanol–water partition coefficient (Wildman–Crippen LogP) is 2.17. The summed E-state index contributed by atoms with van der Waals surface area (Å²) in [6, 6.07) is 7.08. The van der Waals surface area contributed by atoms with E-state index in [4.69, 9.17) is 4.74 Å². The third-order valence-electron chi connectivity index (χ3n) is 1.82. The molecule has 0 spiro atoms. The highest BCUT2D eigenvalue weighted by Crippen LogP contribution is 2.17. The fourth-order valence-corrected chi connectivity index (χ4v) is 0.831. The molecule has 1 amide bonds. The first-order chi connectivity index (χ1) is 7.13. The number of amides is 1. The summed E-state index contributed by atoms with van der Waals surface area (Å²) in [6.07, 6.45) is 0. The molecule has 0 saturated carbocycles. The summed E-state index contributed by atoms with van der Waals surface area (Å²) in [4.78, 5) is 10.8. The highest BCUT2D eigenvalue weighted by atomic mass is 16.5. The maximum absolute atomic E-state index is 10.8. The van der Waals surface area contributed by atoms with Gasteiger partial charge in [0.15, 0.2) is 0 Å². The Hall–Kier alpha value is -1.91. The predicted molar refractivity (Wildman–Crippen MR) is 56.0 cm³/mol. The lowest BCUT2D eigenvalue weighted by molar-refractivity contribution is -0.127. The number of hydrogen-bond donors (Lipinski definition) is 0. The first-order valence-electron chi connectivity index (χ1n) is 4.43. The van der Waals surface area contributed by atoms with Crippen LogP contribution >= 0.6 is 0 Å². The maximum atomic E-state index is 10.8. The van der Waals surface area contributed by atoms with Gasteiger partial charge in [0, 0.05) is 14.0 Å².